The molecule has 2 aromatic rings. The van der Waals surface area contributed by atoms with Gasteiger partial charge in [-0.3, -0.25) is 20.2 Å². The molecule has 2 rings (SSSR count). The van der Waals surface area contributed by atoms with Crippen LogP contribution in [-0.2, 0) is 4.74 Å². The maximum absolute atomic E-state index is 12.0. The number of carbonyl (C=O) groups excluding carboxylic acids is 1. The Labute approximate surface area is 161 Å². The van der Waals surface area contributed by atoms with Gasteiger partial charge in [-0.1, -0.05) is 15.9 Å². The van der Waals surface area contributed by atoms with Crippen LogP contribution in [0.15, 0.2) is 51.8 Å². The average molecular weight is 441 g/mol. The molecule has 0 aliphatic carbocycles. The first kappa shape index (κ1) is 19.9. The van der Waals surface area contributed by atoms with Gasteiger partial charge in [0.05, 0.1) is 28.1 Å². The highest BCUT2D eigenvalue weighted by atomic mass is 79.9. The van der Waals surface area contributed by atoms with Crippen LogP contribution in [0.25, 0.3) is 0 Å². The van der Waals surface area contributed by atoms with E-state index in [1.54, 1.807) is 11.8 Å². The first-order valence-electron chi connectivity index (χ1n) is 7.36. The Kier molecular flexibility index (Phi) is 7.10. The van der Waals surface area contributed by atoms with E-state index in [1.165, 1.54) is 0 Å². The maximum atomic E-state index is 12.0. The van der Waals surface area contributed by atoms with Crippen molar-refractivity contribution in [1.82, 2.24) is 0 Å². The predicted octanol–water partition coefficient (Wildman–Crippen LogP) is 4.60. The third kappa shape index (κ3) is 5.81. The third-order valence-corrected chi connectivity index (χ3v) is 4.79. The lowest BCUT2D eigenvalue weighted by Crippen LogP contribution is -2.08. The van der Waals surface area contributed by atoms with E-state index in [0.717, 1.165) is 27.6 Å². The van der Waals surface area contributed by atoms with E-state index in [-0.39, 0.29) is 12.2 Å². The fourth-order valence-corrected chi connectivity index (χ4v) is 3.04. The number of benzene rings is 2. The monoisotopic (exact) mass is 440 g/mol. The van der Waals surface area contributed by atoms with Gasteiger partial charge in [0.25, 0.3) is 11.4 Å². The van der Waals surface area contributed by atoms with Gasteiger partial charge in [0.1, 0.15) is 0 Å². The summed E-state index contributed by atoms with van der Waals surface area (Å²) in [6, 6.07) is 10.5. The number of nitro groups is 2. The molecule has 0 unspecified atom stereocenters. The summed E-state index contributed by atoms with van der Waals surface area (Å²) < 4.78 is 6.04. The molecule has 0 atom stereocenters. The highest BCUT2D eigenvalue weighted by Gasteiger charge is 2.20. The van der Waals surface area contributed by atoms with Crippen molar-refractivity contribution in [3.05, 3.63) is 72.7 Å². The second kappa shape index (κ2) is 9.30. The van der Waals surface area contributed by atoms with Crippen LogP contribution >= 0.6 is 27.7 Å². The molecule has 0 bridgehead atoms. The summed E-state index contributed by atoms with van der Waals surface area (Å²) in [6.45, 7) is 0.110. The molecule has 0 radical (unpaired) electrons. The predicted molar refractivity (Wildman–Crippen MR) is 99.5 cm³/mol. The van der Waals surface area contributed by atoms with Crippen molar-refractivity contribution in [1.29, 1.82) is 0 Å². The van der Waals surface area contributed by atoms with Crippen molar-refractivity contribution < 1.29 is 19.4 Å². The Morgan fingerprint density at radius 1 is 1.04 bits per heavy atom. The molecular weight excluding hydrogens is 428 g/mol. The minimum atomic E-state index is -0.828. The first-order chi connectivity index (χ1) is 12.4. The molecule has 26 heavy (non-hydrogen) atoms. The fraction of sp³-hybridized carbons (Fsp3) is 0.188. The highest BCUT2D eigenvalue weighted by molar-refractivity contribution is 9.10. The highest BCUT2D eigenvalue weighted by Crippen LogP contribution is 2.24. The van der Waals surface area contributed by atoms with Crippen LogP contribution < -0.4 is 0 Å². The molecule has 0 aromatic heterocycles. The Morgan fingerprint density at radius 3 is 2.15 bits per heavy atom. The zero-order valence-electron chi connectivity index (χ0n) is 13.3. The summed E-state index contributed by atoms with van der Waals surface area (Å²) in [4.78, 5) is 33.1. The number of esters is 1. The van der Waals surface area contributed by atoms with E-state index >= 15 is 0 Å². The summed E-state index contributed by atoms with van der Waals surface area (Å²) in [6.07, 6.45) is 0.573. The van der Waals surface area contributed by atoms with Gasteiger partial charge < -0.3 is 4.74 Å². The lowest BCUT2D eigenvalue weighted by atomic mass is 10.2. The number of carbonyl (C=O) groups is 1. The molecule has 136 valence electrons. The number of thioether (sulfide) groups is 1. The average Bonchev–Trinajstić information content (AvgIpc) is 2.62. The summed E-state index contributed by atoms with van der Waals surface area (Å²) in [5, 5.41) is 21.7. The lowest BCUT2D eigenvalue weighted by molar-refractivity contribution is -0.394. The Hall–Kier alpha value is -2.46. The van der Waals surface area contributed by atoms with Crippen molar-refractivity contribution in [2.24, 2.45) is 0 Å². The standard InChI is InChI=1S/C16H13BrN2O6S/c17-12-2-4-15(5-3-12)26-7-1-6-25-16(20)11-8-13(18(21)22)10-14(9-11)19(23)24/h2-5,8-10H,1,6-7H2. The van der Waals surface area contributed by atoms with Gasteiger partial charge >= 0.3 is 5.97 Å². The molecule has 0 spiro atoms. The van der Waals surface area contributed by atoms with E-state index in [0.29, 0.717) is 12.2 Å². The van der Waals surface area contributed by atoms with Crippen molar-refractivity contribution in [3.63, 3.8) is 0 Å². The lowest BCUT2D eigenvalue weighted by Gasteiger charge is -2.05. The maximum Gasteiger partial charge on any atom is 0.338 e. The van der Waals surface area contributed by atoms with Gasteiger partial charge in [-0.05, 0) is 30.7 Å². The molecular formula is C16H13BrN2O6S. The molecule has 0 amide bonds. The van der Waals surface area contributed by atoms with Crippen LogP contribution in [0.5, 0.6) is 0 Å². The number of nitro benzene ring substituents is 2. The van der Waals surface area contributed by atoms with Crippen LogP contribution in [0.3, 0.4) is 0 Å². The summed E-state index contributed by atoms with van der Waals surface area (Å²) >= 11 is 4.95. The second-order valence-electron chi connectivity index (χ2n) is 5.04. The number of hydrogen-bond acceptors (Lipinski definition) is 7. The SMILES string of the molecule is O=C(OCCCSc1ccc(Br)cc1)c1cc([N+](=O)[O-])cc([N+](=O)[O-])c1. The van der Waals surface area contributed by atoms with Gasteiger partial charge in [-0.15, -0.1) is 11.8 Å². The normalized spacial score (nSPS) is 10.3. The van der Waals surface area contributed by atoms with E-state index in [1.807, 2.05) is 24.3 Å². The fourth-order valence-electron chi connectivity index (χ4n) is 1.95. The van der Waals surface area contributed by atoms with Crippen molar-refractivity contribution >= 4 is 45.0 Å². The molecule has 0 aliphatic rings. The van der Waals surface area contributed by atoms with Crippen LogP contribution in [0, 0.1) is 20.2 Å². The molecule has 0 fully saturated rings. The van der Waals surface area contributed by atoms with Crippen LogP contribution in [0.4, 0.5) is 11.4 Å². The summed E-state index contributed by atoms with van der Waals surface area (Å²) in [7, 11) is 0. The second-order valence-corrected chi connectivity index (χ2v) is 7.13. The van der Waals surface area contributed by atoms with Gasteiger partial charge in [0.15, 0.2) is 0 Å². The Balaban J connectivity index is 1.88. The molecule has 8 nitrogen and oxygen atoms in total. The molecule has 0 saturated heterocycles. The quantitative estimate of drug-likeness (QED) is 0.193. The Morgan fingerprint density at radius 2 is 1.62 bits per heavy atom. The minimum absolute atomic E-state index is 0.110. The summed E-state index contributed by atoms with van der Waals surface area (Å²) in [5.74, 6) is -0.116. The third-order valence-electron chi connectivity index (χ3n) is 3.16. The Bertz CT molecular complexity index is 796. The van der Waals surface area contributed by atoms with Gasteiger partial charge in [-0.25, -0.2) is 4.79 Å². The molecule has 0 saturated carbocycles. The zero-order valence-corrected chi connectivity index (χ0v) is 15.7. The van der Waals surface area contributed by atoms with Crippen LogP contribution in [0.1, 0.15) is 16.8 Å². The number of nitrogens with zero attached hydrogens (tertiary/aromatic N) is 2. The van der Waals surface area contributed by atoms with E-state index in [9.17, 15) is 25.0 Å². The largest absolute Gasteiger partial charge is 0.462 e. The van der Waals surface area contributed by atoms with Gasteiger partial charge in [0.2, 0.25) is 0 Å². The van der Waals surface area contributed by atoms with Gasteiger partial charge in [0, 0.05) is 27.3 Å². The number of non-ortho nitro benzene ring substituents is 2. The van der Waals surface area contributed by atoms with Crippen molar-refractivity contribution in [2.75, 3.05) is 12.4 Å². The van der Waals surface area contributed by atoms with E-state index < -0.39 is 27.2 Å². The zero-order chi connectivity index (χ0) is 19.1. The molecule has 2 aromatic carbocycles. The van der Waals surface area contributed by atoms with Crippen molar-refractivity contribution in [3.8, 4) is 0 Å². The molecule has 0 N–H and O–H groups in total. The number of rotatable bonds is 8. The first-order valence-corrected chi connectivity index (χ1v) is 9.14. The molecule has 10 heteroatoms. The number of ether oxygens (including phenoxy) is 1. The molecule has 0 aliphatic heterocycles. The number of halogens is 1. The van der Waals surface area contributed by atoms with E-state index in [4.69, 9.17) is 4.74 Å². The summed E-state index contributed by atoms with van der Waals surface area (Å²) in [5.41, 5.74) is -1.28. The smallest absolute Gasteiger partial charge is 0.338 e. The number of hydrogen-bond donors (Lipinski definition) is 0. The van der Waals surface area contributed by atoms with Gasteiger partial charge in [-0.2, -0.15) is 0 Å². The topological polar surface area (TPSA) is 113 Å². The van der Waals surface area contributed by atoms with Crippen LogP contribution in [-0.4, -0.2) is 28.2 Å². The van der Waals surface area contributed by atoms with Crippen LogP contribution in [0.2, 0.25) is 0 Å². The molecule has 0 heterocycles. The van der Waals surface area contributed by atoms with E-state index in [2.05, 4.69) is 15.9 Å². The minimum Gasteiger partial charge on any atom is -0.462 e. The van der Waals surface area contributed by atoms with Crippen molar-refractivity contribution in [2.45, 2.75) is 11.3 Å².